The molecule has 0 spiro atoms. The van der Waals surface area contributed by atoms with E-state index in [1.54, 1.807) is 6.20 Å². The Hall–Kier alpha value is -3.21. The SMILES string of the molecule is CC(NC(=O)c1cnc(Nc2ccc(C(C)(C)C)cc2)cn1)c1ccccc1. The van der Waals surface area contributed by atoms with Gasteiger partial charge in [-0.15, -0.1) is 0 Å². The highest BCUT2D eigenvalue weighted by Gasteiger charge is 2.14. The Kier molecular flexibility index (Phi) is 5.73. The number of hydrogen-bond acceptors (Lipinski definition) is 4. The van der Waals surface area contributed by atoms with E-state index in [1.807, 2.05) is 49.4 Å². The summed E-state index contributed by atoms with van der Waals surface area (Å²) < 4.78 is 0. The first kappa shape index (κ1) is 19.5. The van der Waals surface area contributed by atoms with Crippen molar-refractivity contribution in [3.05, 3.63) is 83.8 Å². The molecule has 2 N–H and O–H groups in total. The lowest BCUT2D eigenvalue weighted by Crippen LogP contribution is -2.27. The predicted octanol–water partition coefficient (Wildman–Crippen LogP) is 5.01. The van der Waals surface area contributed by atoms with Crippen LogP contribution in [0.4, 0.5) is 11.5 Å². The van der Waals surface area contributed by atoms with Gasteiger partial charge in [0.25, 0.3) is 5.91 Å². The summed E-state index contributed by atoms with van der Waals surface area (Å²) in [5, 5.41) is 6.15. The quantitative estimate of drug-likeness (QED) is 0.659. The van der Waals surface area contributed by atoms with Crippen LogP contribution in [0.5, 0.6) is 0 Å². The molecular formula is C23H26N4O. The van der Waals surface area contributed by atoms with Gasteiger partial charge < -0.3 is 10.6 Å². The maximum atomic E-state index is 12.4. The Labute approximate surface area is 166 Å². The van der Waals surface area contributed by atoms with Gasteiger partial charge in [-0.1, -0.05) is 63.2 Å². The third-order valence-corrected chi connectivity index (χ3v) is 4.55. The molecule has 5 heteroatoms. The summed E-state index contributed by atoms with van der Waals surface area (Å²) in [5.41, 5.74) is 3.64. The number of benzene rings is 2. The van der Waals surface area contributed by atoms with Gasteiger partial charge >= 0.3 is 0 Å². The van der Waals surface area contributed by atoms with Crippen LogP contribution in [-0.2, 0) is 5.41 Å². The van der Waals surface area contributed by atoms with Gasteiger partial charge in [0.1, 0.15) is 11.5 Å². The number of amides is 1. The first-order chi connectivity index (χ1) is 13.3. The van der Waals surface area contributed by atoms with E-state index in [1.165, 1.54) is 11.8 Å². The lowest BCUT2D eigenvalue weighted by molar-refractivity contribution is 0.0934. The molecule has 0 aliphatic heterocycles. The van der Waals surface area contributed by atoms with Crippen molar-refractivity contribution >= 4 is 17.4 Å². The van der Waals surface area contributed by atoms with Crippen LogP contribution in [0.3, 0.4) is 0 Å². The smallest absolute Gasteiger partial charge is 0.271 e. The van der Waals surface area contributed by atoms with Crippen molar-refractivity contribution in [2.45, 2.75) is 39.2 Å². The number of nitrogens with one attached hydrogen (secondary N) is 2. The van der Waals surface area contributed by atoms with Gasteiger partial charge in [0.2, 0.25) is 0 Å². The number of aromatic nitrogens is 2. The lowest BCUT2D eigenvalue weighted by atomic mass is 9.87. The Morgan fingerprint density at radius 1 is 0.929 bits per heavy atom. The minimum atomic E-state index is -0.245. The molecule has 0 saturated carbocycles. The maximum Gasteiger partial charge on any atom is 0.271 e. The van der Waals surface area contributed by atoms with E-state index in [2.05, 4.69) is 53.5 Å². The third kappa shape index (κ3) is 4.94. The highest BCUT2D eigenvalue weighted by molar-refractivity contribution is 5.92. The summed E-state index contributed by atoms with van der Waals surface area (Å²) in [4.78, 5) is 20.9. The minimum absolute atomic E-state index is 0.102. The van der Waals surface area contributed by atoms with Crippen LogP contribution >= 0.6 is 0 Å². The summed E-state index contributed by atoms with van der Waals surface area (Å²) in [7, 11) is 0. The van der Waals surface area contributed by atoms with Gasteiger partial charge in [0.15, 0.2) is 0 Å². The molecule has 3 aromatic rings. The second-order valence-electron chi connectivity index (χ2n) is 7.85. The van der Waals surface area contributed by atoms with Crippen LogP contribution in [0.2, 0.25) is 0 Å². The molecule has 0 aliphatic carbocycles. The average molecular weight is 374 g/mol. The molecule has 0 saturated heterocycles. The van der Waals surface area contributed by atoms with Crippen molar-refractivity contribution in [3.8, 4) is 0 Å². The van der Waals surface area contributed by atoms with Crippen molar-refractivity contribution in [3.63, 3.8) is 0 Å². The molecule has 0 bridgehead atoms. The third-order valence-electron chi connectivity index (χ3n) is 4.55. The molecule has 1 atom stereocenters. The second-order valence-corrected chi connectivity index (χ2v) is 7.85. The predicted molar refractivity (Wildman–Crippen MR) is 113 cm³/mol. The largest absolute Gasteiger partial charge is 0.344 e. The molecule has 3 rings (SSSR count). The van der Waals surface area contributed by atoms with E-state index in [0.29, 0.717) is 5.82 Å². The average Bonchev–Trinajstić information content (AvgIpc) is 2.69. The van der Waals surface area contributed by atoms with Crippen molar-refractivity contribution in [2.75, 3.05) is 5.32 Å². The van der Waals surface area contributed by atoms with E-state index < -0.39 is 0 Å². The highest BCUT2D eigenvalue weighted by Crippen LogP contribution is 2.24. The zero-order chi connectivity index (χ0) is 20.1. The molecule has 0 fully saturated rings. The standard InChI is InChI=1S/C23H26N4O/c1-16(17-8-6-5-7-9-17)26-22(28)20-14-25-21(15-24-20)27-19-12-10-18(11-13-19)23(2,3)4/h5-16H,1-4H3,(H,25,27)(H,26,28). The Balaban J connectivity index is 1.62. The normalized spacial score (nSPS) is 12.3. The molecule has 1 unspecified atom stereocenters. The summed E-state index contributed by atoms with van der Waals surface area (Å²) in [6.45, 7) is 8.49. The number of rotatable bonds is 5. The van der Waals surface area contributed by atoms with Gasteiger partial charge in [-0.25, -0.2) is 9.97 Å². The number of carbonyl (C=O) groups excluding carboxylic acids is 1. The molecule has 5 nitrogen and oxygen atoms in total. The topological polar surface area (TPSA) is 66.9 Å². The van der Waals surface area contributed by atoms with Crippen molar-refractivity contribution < 1.29 is 4.79 Å². The van der Waals surface area contributed by atoms with E-state index >= 15 is 0 Å². The maximum absolute atomic E-state index is 12.4. The Morgan fingerprint density at radius 2 is 1.61 bits per heavy atom. The van der Waals surface area contributed by atoms with Gasteiger partial charge in [-0.3, -0.25) is 4.79 Å². The molecule has 1 aromatic heterocycles. The lowest BCUT2D eigenvalue weighted by Gasteiger charge is -2.19. The molecular weight excluding hydrogens is 348 g/mol. The Morgan fingerprint density at radius 3 is 2.18 bits per heavy atom. The van der Waals surface area contributed by atoms with Crippen LogP contribution in [0, 0.1) is 0 Å². The molecule has 1 amide bonds. The van der Waals surface area contributed by atoms with E-state index in [0.717, 1.165) is 11.3 Å². The molecule has 28 heavy (non-hydrogen) atoms. The zero-order valence-electron chi connectivity index (χ0n) is 16.7. The van der Waals surface area contributed by atoms with Crippen LogP contribution < -0.4 is 10.6 Å². The summed E-state index contributed by atoms with van der Waals surface area (Å²) >= 11 is 0. The fourth-order valence-electron chi connectivity index (χ4n) is 2.81. The molecule has 144 valence electrons. The van der Waals surface area contributed by atoms with Crippen LogP contribution in [-0.4, -0.2) is 15.9 Å². The number of hydrogen-bond donors (Lipinski definition) is 2. The van der Waals surface area contributed by atoms with Gasteiger partial charge in [-0.05, 0) is 35.6 Å². The van der Waals surface area contributed by atoms with E-state index in [9.17, 15) is 4.79 Å². The van der Waals surface area contributed by atoms with Crippen LogP contribution in [0.25, 0.3) is 0 Å². The fraction of sp³-hybridized carbons (Fsp3) is 0.261. The second kappa shape index (κ2) is 8.21. The van der Waals surface area contributed by atoms with Crippen molar-refractivity contribution in [1.82, 2.24) is 15.3 Å². The van der Waals surface area contributed by atoms with Crippen LogP contribution in [0.1, 0.15) is 55.4 Å². The zero-order valence-corrected chi connectivity index (χ0v) is 16.7. The summed E-state index contributed by atoms with van der Waals surface area (Å²) in [5.74, 6) is 0.348. The Bertz CT molecular complexity index is 914. The first-order valence-corrected chi connectivity index (χ1v) is 9.38. The first-order valence-electron chi connectivity index (χ1n) is 9.38. The van der Waals surface area contributed by atoms with Gasteiger partial charge in [0, 0.05) is 5.69 Å². The van der Waals surface area contributed by atoms with Crippen molar-refractivity contribution in [1.29, 1.82) is 0 Å². The fourth-order valence-corrected chi connectivity index (χ4v) is 2.81. The monoisotopic (exact) mass is 374 g/mol. The highest BCUT2D eigenvalue weighted by atomic mass is 16.1. The van der Waals surface area contributed by atoms with Crippen LogP contribution in [0.15, 0.2) is 67.0 Å². The number of anilines is 2. The minimum Gasteiger partial charge on any atom is -0.344 e. The van der Waals surface area contributed by atoms with E-state index in [-0.39, 0.29) is 23.1 Å². The molecule has 1 heterocycles. The molecule has 0 radical (unpaired) electrons. The number of nitrogens with zero attached hydrogens (tertiary/aromatic N) is 2. The van der Waals surface area contributed by atoms with Gasteiger partial charge in [0.05, 0.1) is 18.4 Å². The molecule has 0 aliphatic rings. The summed E-state index contributed by atoms with van der Waals surface area (Å²) in [6.07, 6.45) is 3.05. The van der Waals surface area contributed by atoms with E-state index in [4.69, 9.17) is 0 Å². The van der Waals surface area contributed by atoms with Gasteiger partial charge in [-0.2, -0.15) is 0 Å². The van der Waals surface area contributed by atoms with Crippen molar-refractivity contribution in [2.24, 2.45) is 0 Å². The number of carbonyl (C=O) groups is 1. The summed E-state index contributed by atoms with van der Waals surface area (Å²) in [6, 6.07) is 17.9. The molecule has 2 aromatic carbocycles.